The summed E-state index contributed by atoms with van der Waals surface area (Å²) in [6, 6.07) is 7.92. The summed E-state index contributed by atoms with van der Waals surface area (Å²) in [6.45, 7) is 0. The van der Waals surface area contributed by atoms with Crippen LogP contribution >= 0.6 is 15.9 Å². The Morgan fingerprint density at radius 3 is 2.95 bits per heavy atom. The molecule has 1 N–H and O–H groups in total. The molecule has 1 heterocycles. The number of Topliss-reactive ketones (excluding diaryl/α,β-unsaturated/α-hetero) is 1. The molecule has 0 spiro atoms. The number of hydrogen-bond donors (Lipinski definition) is 1. The van der Waals surface area contributed by atoms with Crippen LogP contribution in [0.2, 0.25) is 0 Å². The molecule has 19 heavy (non-hydrogen) atoms. The molecular formula is C15H15BrO3. The van der Waals surface area contributed by atoms with Crippen LogP contribution in [-0.4, -0.2) is 17.2 Å². The standard InChI is InChI=1S/C15H15BrO3/c16-10-4-1-3-9(7-10)11-8-14(18)19-13-6-2-5-12(17)15(11)13/h1,3-4,7,11,14,18H,2,5-6,8H2/t11-,14?/m0/s1. The number of aliphatic hydroxyl groups is 1. The number of ketones is 1. The van der Waals surface area contributed by atoms with Gasteiger partial charge in [0.15, 0.2) is 12.1 Å². The van der Waals surface area contributed by atoms with Crippen molar-refractivity contribution in [3.8, 4) is 0 Å². The molecule has 1 unspecified atom stereocenters. The van der Waals surface area contributed by atoms with Crippen LogP contribution in [-0.2, 0) is 9.53 Å². The Bertz CT molecular complexity index is 550. The predicted molar refractivity (Wildman–Crippen MR) is 74.5 cm³/mol. The van der Waals surface area contributed by atoms with Crippen molar-refractivity contribution in [3.63, 3.8) is 0 Å². The first kappa shape index (κ1) is 12.9. The quantitative estimate of drug-likeness (QED) is 0.863. The van der Waals surface area contributed by atoms with Crippen LogP contribution in [0.4, 0.5) is 0 Å². The van der Waals surface area contributed by atoms with Gasteiger partial charge in [0.25, 0.3) is 0 Å². The highest BCUT2D eigenvalue weighted by Gasteiger charge is 2.36. The fourth-order valence-corrected chi connectivity index (χ4v) is 3.32. The Labute approximate surface area is 120 Å². The summed E-state index contributed by atoms with van der Waals surface area (Å²) in [5.41, 5.74) is 1.83. The normalized spacial score (nSPS) is 26.9. The number of ether oxygens (including phenoxy) is 1. The van der Waals surface area contributed by atoms with Gasteiger partial charge in [0.1, 0.15) is 5.76 Å². The summed E-state index contributed by atoms with van der Waals surface area (Å²) >= 11 is 3.45. The van der Waals surface area contributed by atoms with E-state index in [1.807, 2.05) is 24.3 Å². The maximum atomic E-state index is 12.2. The van der Waals surface area contributed by atoms with Gasteiger partial charge in [-0.25, -0.2) is 0 Å². The van der Waals surface area contributed by atoms with Crippen molar-refractivity contribution in [1.29, 1.82) is 0 Å². The fraction of sp³-hybridized carbons (Fsp3) is 0.400. The van der Waals surface area contributed by atoms with Crippen molar-refractivity contribution < 1.29 is 14.6 Å². The van der Waals surface area contributed by atoms with Crippen LogP contribution in [0.5, 0.6) is 0 Å². The lowest BCUT2D eigenvalue weighted by Gasteiger charge is -2.34. The number of halogens is 1. The summed E-state index contributed by atoms with van der Waals surface area (Å²) in [5, 5.41) is 9.86. The van der Waals surface area contributed by atoms with Gasteiger partial charge >= 0.3 is 0 Å². The highest BCUT2D eigenvalue weighted by atomic mass is 79.9. The molecule has 2 atom stereocenters. The first-order chi connectivity index (χ1) is 9.15. The summed E-state index contributed by atoms with van der Waals surface area (Å²) in [6.07, 6.45) is 1.79. The molecule has 1 aliphatic heterocycles. The molecule has 0 amide bonds. The Kier molecular flexibility index (Phi) is 3.46. The third-order valence-electron chi connectivity index (χ3n) is 3.72. The lowest BCUT2D eigenvalue weighted by Crippen LogP contribution is -2.30. The van der Waals surface area contributed by atoms with Crippen molar-refractivity contribution in [1.82, 2.24) is 0 Å². The van der Waals surface area contributed by atoms with Gasteiger partial charge in [-0.2, -0.15) is 0 Å². The van der Waals surface area contributed by atoms with E-state index >= 15 is 0 Å². The Morgan fingerprint density at radius 1 is 1.32 bits per heavy atom. The average molecular weight is 323 g/mol. The lowest BCUT2D eigenvalue weighted by molar-refractivity contribution is -0.121. The molecule has 0 saturated heterocycles. The molecule has 3 nitrogen and oxygen atoms in total. The SMILES string of the molecule is O=C1CCCC2=C1[C@H](c1cccc(Br)c1)CC(O)O2. The van der Waals surface area contributed by atoms with Crippen LogP contribution in [0.1, 0.15) is 37.2 Å². The number of carbonyl (C=O) groups excluding carboxylic acids is 1. The van der Waals surface area contributed by atoms with Crippen molar-refractivity contribution in [2.24, 2.45) is 0 Å². The van der Waals surface area contributed by atoms with Crippen LogP contribution in [0.3, 0.4) is 0 Å². The van der Waals surface area contributed by atoms with E-state index in [2.05, 4.69) is 15.9 Å². The van der Waals surface area contributed by atoms with Gasteiger partial charge in [-0.05, 0) is 24.1 Å². The fourth-order valence-electron chi connectivity index (χ4n) is 2.90. The minimum Gasteiger partial charge on any atom is -0.469 e. The van der Waals surface area contributed by atoms with E-state index in [9.17, 15) is 9.90 Å². The second kappa shape index (κ2) is 5.10. The molecule has 0 radical (unpaired) electrons. The number of aliphatic hydroxyl groups excluding tert-OH is 1. The van der Waals surface area contributed by atoms with Crippen molar-refractivity contribution in [2.75, 3.05) is 0 Å². The molecule has 1 aromatic carbocycles. The molecule has 0 bridgehead atoms. The van der Waals surface area contributed by atoms with Crippen molar-refractivity contribution in [3.05, 3.63) is 45.6 Å². The Hall–Kier alpha value is -1.13. The number of allylic oxidation sites excluding steroid dienone is 2. The Balaban J connectivity index is 2.05. The smallest absolute Gasteiger partial charge is 0.197 e. The summed E-state index contributed by atoms with van der Waals surface area (Å²) in [5.74, 6) is 0.808. The van der Waals surface area contributed by atoms with Gasteiger partial charge in [0.05, 0.1) is 0 Å². The van der Waals surface area contributed by atoms with Gasteiger partial charge in [0, 0.05) is 35.2 Å². The van der Waals surface area contributed by atoms with E-state index in [0.29, 0.717) is 18.6 Å². The van der Waals surface area contributed by atoms with Crippen molar-refractivity contribution in [2.45, 2.75) is 37.9 Å². The van der Waals surface area contributed by atoms with Gasteiger partial charge in [-0.1, -0.05) is 28.1 Å². The highest BCUT2D eigenvalue weighted by molar-refractivity contribution is 9.10. The van der Waals surface area contributed by atoms with E-state index in [1.165, 1.54) is 0 Å². The predicted octanol–water partition coefficient (Wildman–Crippen LogP) is 3.28. The Morgan fingerprint density at radius 2 is 2.16 bits per heavy atom. The average Bonchev–Trinajstić information content (AvgIpc) is 2.37. The lowest BCUT2D eigenvalue weighted by atomic mass is 9.79. The first-order valence-electron chi connectivity index (χ1n) is 6.51. The maximum Gasteiger partial charge on any atom is 0.197 e. The zero-order valence-electron chi connectivity index (χ0n) is 10.4. The number of hydrogen-bond acceptors (Lipinski definition) is 3. The van der Waals surface area contributed by atoms with Crippen LogP contribution in [0, 0.1) is 0 Å². The van der Waals surface area contributed by atoms with E-state index in [1.54, 1.807) is 0 Å². The molecular weight excluding hydrogens is 308 g/mol. The van der Waals surface area contributed by atoms with E-state index in [-0.39, 0.29) is 11.7 Å². The summed E-state index contributed by atoms with van der Waals surface area (Å²) in [4.78, 5) is 12.2. The molecule has 100 valence electrons. The molecule has 1 aromatic rings. The highest BCUT2D eigenvalue weighted by Crippen LogP contribution is 2.41. The van der Waals surface area contributed by atoms with Crippen LogP contribution in [0.25, 0.3) is 0 Å². The number of benzene rings is 1. The molecule has 3 rings (SSSR count). The van der Waals surface area contributed by atoms with Gasteiger partial charge < -0.3 is 9.84 Å². The first-order valence-corrected chi connectivity index (χ1v) is 7.31. The molecule has 0 saturated carbocycles. The minimum absolute atomic E-state index is 0.0518. The molecule has 0 aromatic heterocycles. The summed E-state index contributed by atoms with van der Waals surface area (Å²) in [7, 11) is 0. The zero-order chi connectivity index (χ0) is 13.4. The monoisotopic (exact) mass is 322 g/mol. The molecule has 4 heteroatoms. The van der Waals surface area contributed by atoms with E-state index in [4.69, 9.17) is 4.74 Å². The minimum atomic E-state index is -0.811. The topological polar surface area (TPSA) is 46.5 Å². The maximum absolute atomic E-state index is 12.2. The van der Waals surface area contributed by atoms with Crippen molar-refractivity contribution >= 4 is 21.7 Å². The van der Waals surface area contributed by atoms with Crippen LogP contribution < -0.4 is 0 Å². The van der Waals surface area contributed by atoms with E-state index in [0.717, 1.165) is 28.5 Å². The third-order valence-corrected chi connectivity index (χ3v) is 4.22. The third kappa shape index (κ3) is 2.47. The molecule has 0 fully saturated rings. The van der Waals surface area contributed by atoms with E-state index < -0.39 is 6.29 Å². The second-order valence-electron chi connectivity index (χ2n) is 5.03. The van der Waals surface area contributed by atoms with Gasteiger partial charge in [-0.3, -0.25) is 4.79 Å². The molecule has 2 aliphatic rings. The van der Waals surface area contributed by atoms with Gasteiger partial charge in [-0.15, -0.1) is 0 Å². The second-order valence-corrected chi connectivity index (χ2v) is 5.95. The summed E-state index contributed by atoms with van der Waals surface area (Å²) < 4.78 is 6.43. The van der Waals surface area contributed by atoms with Gasteiger partial charge in [0.2, 0.25) is 0 Å². The molecule has 1 aliphatic carbocycles. The number of carbonyl (C=O) groups is 1. The number of rotatable bonds is 1. The zero-order valence-corrected chi connectivity index (χ0v) is 12.0. The largest absolute Gasteiger partial charge is 0.469 e. The van der Waals surface area contributed by atoms with Crippen LogP contribution in [0.15, 0.2) is 40.1 Å².